The zero-order valence-electron chi connectivity index (χ0n) is 11.5. The van der Waals surface area contributed by atoms with Crippen molar-refractivity contribution in [3.8, 4) is 0 Å². The maximum atomic E-state index is 12.5. The number of nitrogens with zero attached hydrogens (tertiary/aromatic N) is 1. The molecule has 1 fully saturated rings. The van der Waals surface area contributed by atoms with Gasteiger partial charge < -0.3 is 5.11 Å². The Balaban J connectivity index is 0.000000255. The summed E-state index contributed by atoms with van der Waals surface area (Å²) in [6.45, 7) is 0. The summed E-state index contributed by atoms with van der Waals surface area (Å²) in [6.07, 6.45) is 0.0435. The highest BCUT2D eigenvalue weighted by atomic mass is 19.1. The molecule has 0 aromatic heterocycles. The van der Waals surface area contributed by atoms with E-state index < -0.39 is 23.6 Å². The van der Waals surface area contributed by atoms with Gasteiger partial charge in [-0.1, -0.05) is 0 Å². The van der Waals surface area contributed by atoms with Gasteiger partial charge >= 0.3 is 5.97 Å². The molecule has 1 saturated heterocycles. The van der Waals surface area contributed by atoms with Crippen molar-refractivity contribution in [3.63, 3.8) is 0 Å². The number of carbonyl (C=O) groups excluding carboxylic acids is 3. The van der Waals surface area contributed by atoms with Gasteiger partial charge in [0.25, 0.3) is 11.8 Å². The van der Waals surface area contributed by atoms with Crippen molar-refractivity contribution in [1.29, 1.82) is 0 Å². The first kappa shape index (κ1) is 17.4. The molecule has 0 atom stereocenters. The van der Waals surface area contributed by atoms with Crippen molar-refractivity contribution in [1.82, 2.24) is 5.06 Å². The molecule has 0 spiro atoms. The number of hydrogen-bond acceptors (Lipinski definition) is 5. The van der Waals surface area contributed by atoms with E-state index in [1.807, 2.05) is 0 Å². The van der Waals surface area contributed by atoms with Crippen LogP contribution in [-0.4, -0.2) is 38.9 Å². The molecule has 1 aromatic rings. The summed E-state index contributed by atoms with van der Waals surface area (Å²) in [5, 5.41) is 16.9. The quantitative estimate of drug-likeness (QED) is 0.494. The van der Waals surface area contributed by atoms with Crippen LogP contribution in [0.2, 0.25) is 0 Å². The van der Waals surface area contributed by atoms with Crippen LogP contribution < -0.4 is 0 Å². The molecule has 1 heterocycles. The van der Waals surface area contributed by atoms with Gasteiger partial charge in [0.05, 0.1) is 6.42 Å². The van der Waals surface area contributed by atoms with Crippen molar-refractivity contribution in [2.45, 2.75) is 25.7 Å². The standard InChI is InChI=1S/C10H9FO3.C4H5NO3/c11-8-3-1-7(2-4-8)9(12)5-6-10(13)14;6-3-1-2-4(7)5(3)8/h1-4H,5-6H2,(H,13,14);8H,1-2H2. The molecule has 0 radical (unpaired) electrons. The Morgan fingerprint density at radius 1 is 1.05 bits per heavy atom. The Morgan fingerprint density at radius 3 is 1.91 bits per heavy atom. The van der Waals surface area contributed by atoms with E-state index in [2.05, 4.69) is 0 Å². The number of halogens is 1. The molecule has 1 aliphatic rings. The minimum Gasteiger partial charge on any atom is -0.481 e. The van der Waals surface area contributed by atoms with Crippen molar-refractivity contribution >= 4 is 23.6 Å². The second-order valence-electron chi connectivity index (χ2n) is 4.42. The van der Waals surface area contributed by atoms with Crippen LogP contribution in [0.4, 0.5) is 4.39 Å². The predicted octanol–water partition coefficient (Wildman–Crippen LogP) is 1.40. The number of Topliss-reactive ketones (excluding diaryl/α,β-unsaturated/α-hetero) is 1. The summed E-state index contributed by atoms with van der Waals surface area (Å²) >= 11 is 0. The second-order valence-corrected chi connectivity index (χ2v) is 4.42. The fourth-order valence-electron chi connectivity index (χ4n) is 1.57. The molecule has 0 saturated carbocycles. The van der Waals surface area contributed by atoms with Gasteiger partial charge in [0, 0.05) is 24.8 Å². The second kappa shape index (κ2) is 7.99. The Hall–Kier alpha value is -2.61. The summed E-state index contributed by atoms with van der Waals surface area (Å²) in [4.78, 5) is 41.9. The Morgan fingerprint density at radius 2 is 1.55 bits per heavy atom. The molecule has 22 heavy (non-hydrogen) atoms. The number of benzene rings is 1. The van der Waals surface area contributed by atoms with Gasteiger partial charge in [-0.2, -0.15) is 5.06 Å². The lowest BCUT2D eigenvalue weighted by atomic mass is 10.1. The lowest BCUT2D eigenvalue weighted by Gasteiger charge is -1.98. The van der Waals surface area contributed by atoms with Crippen LogP contribution >= 0.6 is 0 Å². The van der Waals surface area contributed by atoms with Crippen molar-refractivity contribution in [2.24, 2.45) is 0 Å². The van der Waals surface area contributed by atoms with Crippen LogP contribution in [0.3, 0.4) is 0 Å². The summed E-state index contributed by atoms with van der Waals surface area (Å²) in [7, 11) is 0. The number of ketones is 1. The van der Waals surface area contributed by atoms with E-state index >= 15 is 0 Å². The third kappa shape index (κ3) is 5.41. The number of carbonyl (C=O) groups is 4. The molecule has 0 unspecified atom stereocenters. The van der Waals surface area contributed by atoms with Gasteiger partial charge in [-0.25, -0.2) is 4.39 Å². The average molecular weight is 311 g/mol. The molecule has 7 nitrogen and oxygen atoms in total. The topological polar surface area (TPSA) is 112 Å². The van der Waals surface area contributed by atoms with Gasteiger partial charge in [-0.15, -0.1) is 0 Å². The van der Waals surface area contributed by atoms with E-state index in [-0.39, 0.29) is 36.5 Å². The summed E-state index contributed by atoms with van der Waals surface area (Å²) in [5.74, 6) is -2.72. The molecular formula is C14H14FNO6. The number of carboxylic acid groups (broad SMARTS) is 1. The molecule has 0 bridgehead atoms. The van der Waals surface area contributed by atoms with Crippen LogP contribution in [-0.2, 0) is 14.4 Å². The fraction of sp³-hybridized carbons (Fsp3) is 0.286. The van der Waals surface area contributed by atoms with E-state index in [9.17, 15) is 23.6 Å². The van der Waals surface area contributed by atoms with E-state index in [4.69, 9.17) is 10.3 Å². The normalized spacial score (nSPS) is 13.6. The largest absolute Gasteiger partial charge is 0.481 e. The highest BCUT2D eigenvalue weighted by Gasteiger charge is 2.26. The molecule has 2 rings (SSSR count). The van der Waals surface area contributed by atoms with Crippen LogP contribution in [0, 0.1) is 5.82 Å². The Kier molecular flexibility index (Phi) is 6.33. The SMILES string of the molecule is O=C(O)CCC(=O)c1ccc(F)cc1.O=C1CCC(=O)N1O. The van der Waals surface area contributed by atoms with Crippen LogP contribution in [0.15, 0.2) is 24.3 Å². The number of aliphatic carboxylic acids is 1. The fourth-order valence-corrected chi connectivity index (χ4v) is 1.57. The predicted molar refractivity (Wildman–Crippen MR) is 70.5 cm³/mol. The minimum atomic E-state index is -1.01. The minimum absolute atomic E-state index is 0.0546. The first-order valence-electron chi connectivity index (χ1n) is 6.36. The highest BCUT2D eigenvalue weighted by molar-refractivity contribution is 6.00. The van der Waals surface area contributed by atoms with Crippen LogP contribution in [0.1, 0.15) is 36.0 Å². The summed E-state index contributed by atoms with van der Waals surface area (Å²) < 4.78 is 12.5. The van der Waals surface area contributed by atoms with Crippen molar-refractivity contribution < 1.29 is 33.9 Å². The maximum Gasteiger partial charge on any atom is 0.303 e. The number of hydrogen-bond donors (Lipinski definition) is 2. The maximum absolute atomic E-state index is 12.5. The molecule has 0 aliphatic carbocycles. The summed E-state index contributed by atoms with van der Waals surface area (Å²) in [5.41, 5.74) is 0.340. The first-order valence-corrected chi connectivity index (χ1v) is 6.36. The third-order valence-corrected chi connectivity index (χ3v) is 2.76. The summed E-state index contributed by atoms with van der Waals surface area (Å²) in [6, 6.07) is 5.04. The van der Waals surface area contributed by atoms with Crippen LogP contribution in [0.25, 0.3) is 0 Å². The molecular weight excluding hydrogens is 297 g/mol. The molecule has 8 heteroatoms. The van der Waals surface area contributed by atoms with E-state index in [0.717, 1.165) is 0 Å². The monoisotopic (exact) mass is 311 g/mol. The van der Waals surface area contributed by atoms with Crippen LogP contribution in [0.5, 0.6) is 0 Å². The van der Waals surface area contributed by atoms with Gasteiger partial charge in [0.1, 0.15) is 5.82 Å². The number of rotatable bonds is 4. The van der Waals surface area contributed by atoms with E-state index in [0.29, 0.717) is 5.56 Å². The number of amides is 2. The third-order valence-electron chi connectivity index (χ3n) is 2.76. The van der Waals surface area contributed by atoms with Gasteiger partial charge in [0.15, 0.2) is 5.78 Å². The lowest BCUT2D eigenvalue weighted by Crippen LogP contribution is -2.24. The number of imide groups is 1. The molecule has 2 amide bonds. The Labute approximate surface area is 124 Å². The zero-order chi connectivity index (χ0) is 16.7. The molecule has 1 aromatic carbocycles. The van der Waals surface area contributed by atoms with E-state index in [1.54, 1.807) is 0 Å². The Bertz CT molecular complexity index is 568. The average Bonchev–Trinajstić information content (AvgIpc) is 2.77. The number of carboxylic acids is 1. The molecule has 1 aliphatic heterocycles. The zero-order valence-corrected chi connectivity index (χ0v) is 11.5. The van der Waals surface area contributed by atoms with Gasteiger partial charge in [-0.3, -0.25) is 24.4 Å². The first-order chi connectivity index (χ1) is 10.3. The number of hydroxylamine groups is 2. The lowest BCUT2D eigenvalue weighted by molar-refractivity contribution is -0.171. The van der Waals surface area contributed by atoms with E-state index in [1.165, 1.54) is 24.3 Å². The van der Waals surface area contributed by atoms with Crippen molar-refractivity contribution in [3.05, 3.63) is 35.6 Å². The van der Waals surface area contributed by atoms with Gasteiger partial charge in [-0.05, 0) is 24.3 Å². The van der Waals surface area contributed by atoms with Crippen molar-refractivity contribution in [2.75, 3.05) is 0 Å². The highest BCUT2D eigenvalue weighted by Crippen LogP contribution is 2.07. The smallest absolute Gasteiger partial charge is 0.303 e. The molecule has 118 valence electrons. The molecule has 2 N–H and O–H groups in total. The van der Waals surface area contributed by atoms with Gasteiger partial charge in [0.2, 0.25) is 0 Å².